The second kappa shape index (κ2) is 20.8. The van der Waals surface area contributed by atoms with Crippen LogP contribution in [0.3, 0.4) is 0 Å². The van der Waals surface area contributed by atoms with Crippen LogP contribution in [0, 0.1) is 13.8 Å². The van der Waals surface area contributed by atoms with E-state index in [1.54, 1.807) is 10.6 Å². The van der Waals surface area contributed by atoms with Gasteiger partial charge in [0, 0.05) is 33.3 Å². The Kier molecular flexibility index (Phi) is 16.9. The van der Waals surface area contributed by atoms with Gasteiger partial charge in [-0.05, 0) is 70.1 Å². The van der Waals surface area contributed by atoms with Crippen molar-refractivity contribution in [2.45, 2.75) is 131 Å². The Morgan fingerprint density at radius 1 is 0.612 bits per heavy atom. The van der Waals surface area contributed by atoms with Crippen LogP contribution in [0.4, 0.5) is 0 Å². The lowest BCUT2D eigenvalue weighted by Gasteiger charge is -2.18. The first kappa shape index (κ1) is 39.8. The Hall–Kier alpha value is -3.65. The van der Waals surface area contributed by atoms with Crippen LogP contribution in [-0.4, -0.2) is 31.6 Å². The van der Waals surface area contributed by atoms with E-state index < -0.39 is 5.97 Å². The maximum absolute atomic E-state index is 12.7. The summed E-state index contributed by atoms with van der Waals surface area (Å²) in [6.07, 6.45) is 17.8. The van der Waals surface area contributed by atoms with E-state index in [1.807, 2.05) is 62.6 Å². The fraction of sp³-hybridized carbons (Fsp3) is 0.512. The number of pyridine rings is 2. The molecule has 8 heteroatoms. The number of carbonyl (C=O) groups excluding carboxylic acids is 1. The number of carboxylic acids is 1. The largest absolute Gasteiger partial charge is 0.480 e. The third kappa shape index (κ3) is 11.2. The highest BCUT2D eigenvalue weighted by Crippen LogP contribution is 2.21. The van der Waals surface area contributed by atoms with Gasteiger partial charge < -0.3 is 14.2 Å². The maximum Gasteiger partial charge on any atom is 0.323 e. The number of carboxylic acid groups (broad SMARTS) is 1. The number of hydrogen-bond acceptors (Lipinski definition) is 5. The Morgan fingerprint density at radius 2 is 1.00 bits per heavy atom. The van der Waals surface area contributed by atoms with E-state index in [1.165, 1.54) is 69.5 Å². The van der Waals surface area contributed by atoms with Crippen LogP contribution in [0.1, 0.15) is 113 Å². The van der Waals surface area contributed by atoms with Crippen molar-refractivity contribution < 1.29 is 14.7 Å². The van der Waals surface area contributed by atoms with Crippen molar-refractivity contribution >= 4 is 44.7 Å². The molecule has 2 heterocycles. The molecule has 2 aromatic carbocycles. The van der Waals surface area contributed by atoms with Crippen LogP contribution < -0.4 is 10.9 Å². The third-order valence-electron chi connectivity index (χ3n) is 9.42. The predicted molar refractivity (Wildman–Crippen MR) is 206 cm³/mol. The maximum atomic E-state index is 12.7. The average Bonchev–Trinajstić information content (AvgIpc) is 3.11. The van der Waals surface area contributed by atoms with E-state index in [-0.39, 0.29) is 22.5 Å². The van der Waals surface area contributed by atoms with Crippen molar-refractivity contribution in [1.29, 1.82) is 0 Å². The lowest BCUT2D eigenvalue weighted by molar-refractivity contribution is -0.137. The normalized spacial score (nSPS) is 11.1. The van der Waals surface area contributed by atoms with Crippen molar-refractivity contribution in [2.24, 2.45) is 0 Å². The molecule has 0 fully saturated rings. The molecule has 1 N–H and O–H groups in total. The van der Waals surface area contributed by atoms with Crippen LogP contribution in [0.15, 0.2) is 58.1 Å². The third-order valence-corrected chi connectivity index (χ3v) is 10.0. The quantitative estimate of drug-likeness (QED) is 0.105. The topological polar surface area (TPSA) is 98.4 Å². The number of para-hydroxylation sites is 2. The molecule has 0 radical (unpaired) electrons. The summed E-state index contributed by atoms with van der Waals surface area (Å²) in [5.41, 5.74) is 5.10. The van der Waals surface area contributed by atoms with Crippen LogP contribution >= 0.6 is 11.8 Å². The van der Waals surface area contributed by atoms with E-state index in [0.29, 0.717) is 22.9 Å². The first-order chi connectivity index (χ1) is 23.7. The van der Waals surface area contributed by atoms with Gasteiger partial charge in [-0.15, -0.1) is 0 Å². The number of unbranched alkanes of at least 4 members (excludes halogenated alkanes) is 10. The van der Waals surface area contributed by atoms with Gasteiger partial charge >= 0.3 is 5.97 Å². The first-order valence-electron chi connectivity index (χ1n) is 18.2. The summed E-state index contributed by atoms with van der Waals surface area (Å²) < 4.78 is 3.87. The van der Waals surface area contributed by atoms with E-state index >= 15 is 0 Å². The molecule has 49 heavy (non-hydrogen) atoms. The number of thioether (sulfide) groups is 1. The second-order valence-electron chi connectivity index (χ2n) is 13.0. The van der Waals surface area contributed by atoms with Gasteiger partial charge in [-0.1, -0.05) is 114 Å². The second-order valence-corrected chi connectivity index (χ2v) is 13.9. The zero-order valence-electron chi connectivity index (χ0n) is 30.3. The summed E-state index contributed by atoms with van der Waals surface area (Å²) in [7, 11) is 0. The summed E-state index contributed by atoms with van der Waals surface area (Å²) in [6, 6.07) is 14.9. The minimum Gasteiger partial charge on any atom is -0.480 e. The Labute approximate surface area is 296 Å². The molecule has 0 aliphatic rings. The van der Waals surface area contributed by atoms with Crippen molar-refractivity contribution in [3.8, 4) is 0 Å². The predicted octanol–water partition coefficient (Wildman–Crippen LogP) is 9.40. The molecular weight excluding hydrogens is 633 g/mol. The van der Waals surface area contributed by atoms with E-state index in [0.717, 1.165) is 60.1 Å². The summed E-state index contributed by atoms with van der Waals surface area (Å²) in [5, 5.41) is 10.7. The number of benzene rings is 2. The van der Waals surface area contributed by atoms with Gasteiger partial charge in [-0.2, -0.15) is 0 Å². The summed E-state index contributed by atoms with van der Waals surface area (Å²) in [5.74, 6) is -0.882. The number of aromatic nitrogens is 2. The van der Waals surface area contributed by atoms with E-state index in [2.05, 4.69) is 18.4 Å². The lowest BCUT2D eigenvalue weighted by Crippen LogP contribution is -2.21. The monoisotopic (exact) mass is 688 g/mol. The Bertz CT molecular complexity index is 1810. The number of hydrogen-bond donors (Lipinski definition) is 1. The molecule has 0 amide bonds. The van der Waals surface area contributed by atoms with Gasteiger partial charge in [0.25, 0.3) is 0 Å². The summed E-state index contributed by atoms with van der Waals surface area (Å²) in [4.78, 5) is 48.7. The van der Waals surface area contributed by atoms with Crippen LogP contribution in [-0.2, 0) is 35.5 Å². The fourth-order valence-electron chi connectivity index (χ4n) is 6.64. The molecule has 0 saturated heterocycles. The number of carbonyl (C=O) groups is 2. The molecule has 0 aliphatic carbocycles. The number of aliphatic carboxylic acids is 1. The molecule has 266 valence electrons. The highest BCUT2D eigenvalue weighted by atomic mass is 32.2. The molecule has 0 bridgehead atoms. The average molecular weight is 689 g/mol. The molecule has 0 spiro atoms. The smallest absolute Gasteiger partial charge is 0.323 e. The summed E-state index contributed by atoms with van der Waals surface area (Å²) in [6.45, 7) is 8.37. The molecule has 0 saturated carbocycles. The Morgan fingerprint density at radius 3 is 1.41 bits per heavy atom. The number of rotatable bonds is 18. The van der Waals surface area contributed by atoms with Gasteiger partial charge in [-0.25, -0.2) is 0 Å². The van der Waals surface area contributed by atoms with Crippen molar-refractivity contribution in [3.63, 3.8) is 0 Å². The first-order valence-corrected chi connectivity index (χ1v) is 19.4. The molecule has 2 aromatic heterocycles. The van der Waals surface area contributed by atoms with Crippen LogP contribution in [0.2, 0.25) is 0 Å². The zero-order valence-corrected chi connectivity index (χ0v) is 31.1. The SMILES string of the molecule is CCCCCCCCc1c(C)c(=O)c2ccccc2n1CC(=O)O.CCCCCCCCc1c(C)c(=O)c2ccccc2n1CC(=O)SC. The molecule has 0 unspecified atom stereocenters. The standard InChI is InChI=1S/C21H29NO2S.C20H27NO3/c1-4-5-6-7-8-9-13-18-16(2)21(24)17-12-10-11-14-19(17)22(18)15-20(23)25-3;1-3-4-5-6-7-8-12-17-15(2)20(24)16-11-9-10-13-18(16)21(17)14-19(22)23/h10-12,14H,4-9,13,15H2,1-3H3;9-11,13H,3-8,12,14H2,1-2H3,(H,22,23). The molecule has 4 aromatic rings. The lowest BCUT2D eigenvalue weighted by atomic mass is 10.0. The van der Waals surface area contributed by atoms with Crippen molar-refractivity contribution in [1.82, 2.24) is 9.13 Å². The molecule has 4 rings (SSSR count). The van der Waals surface area contributed by atoms with Gasteiger partial charge in [0.2, 0.25) is 5.12 Å². The highest BCUT2D eigenvalue weighted by Gasteiger charge is 2.17. The molecule has 0 atom stereocenters. The molecule has 0 aliphatic heterocycles. The molecular formula is C41H56N2O5S. The number of nitrogens with zero attached hydrogens (tertiary/aromatic N) is 2. The van der Waals surface area contributed by atoms with Crippen LogP contribution in [0.5, 0.6) is 0 Å². The van der Waals surface area contributed by atoms with E-state index in [9.17, 15) is 24.3 Å². The molecule has 7 nitrogen and oxygen atoms in total. The fourth-order valence-corrected chi connectivity index (χ4v) is 6.90. The zero-order chi connectivity index (χ0) is 35.8. The van der Waals surface area contributed by atoms with Gasteiger partial charge in [0.1, 0.15) is 6.54 Å². The minimum atomic E-state index is -0.882. The van der Waals surface area contributed by atoms with E-state index in [4.69, 9.17) is 0 Å². The summed E-state index contributed by atoms with van der Waals surface area (Å²) >= 11 is 1.25. The highest BCUT2D eigenvalue weighted by molar-refractivity contribution is 8.13. The van der Waals surface area contributed by atoms with Gasteiger partial charge in [-0.3, -0.25) is 19.2 Å². The number of fused-ring (bicyclic) bond motifs is 2. The Balaban J connectivity index is 0.000000266. The van der Waals surface area contributed by atoms with Gasteiger partial charge in [0.05, 0.1) is 17.6 Å². The van der Waals surface area contributed by atoms with Gasteiger partial charge in [0.15, 0.2) is 10.9 Å². The van der Waals surface area contributed by atoms with Crippen molar-refractivity contribution in [3.05, 3.63) is 91.5 Å². The van der Waals surface area contributed by atoms with Crippen LogP contribution in [0.25, 0.3) is 21.8 Å². The van der Waals surface area contributed by atoms with Crippen molar-refractivity contribution in [2.75, 3.05) is 6.26 Å². The minimum absolute atomic E-state index is 0.0215.